The van der Waals surface area contributed by atoms with E-state index in [9.17, 15) is 29.7 Å². The summed E-state index contributed by atoms with van der Waals surface area (Å²) >= 11 is 0. The minimum atomic E-state index is -0.419. The van der Waals surface area contributed by atoms with Gasteiger partial charge in [0.2, 0.25) is 0 Å². The maximum atomic E-state index is 12.7. The largest absolute Gasteiger partial charge is 0.508 e. The van der Waals surface area contributed by atoms with Gasteiger partial charge in [-0.1, -0.05) is 24.3 Å². The van der Waals surface area contributed by atoms with E-state index in [0.717, 1.165) is 11.1 Å². The van der Waals surface area contributed by atoms with Crippen molar-refractivity contribution >= 4 is 17.5 Å². The number of benzene rings is 4. The fraction of sp³-hybridized carbons (Fsp3) is 0.206. The van der Waals surface area contributed by atoms with Crippen LogP contribution in [-0.4, -0.2) is 46.1 Å². The van der Waals surface area contributed by atoms with E-state index in [4.69, 9.17) is 14.2 Å². The van der Waals surface area contributed by atoms with Crippen LogP contribution in [0.2, 0.25) is 0 Å². The second-order valence-corrected chi connectivity index (χ2v) is 10.4. The van der Waals surface area contributed by atoms with Crippen LogP contribution in [0.25, 0.3) is 0 Å². The first-order chi connectivity index (χ1) is 20.5. The van der Waals surface area contributed by atoms with Gasteiger partial charge in [-0.25, -0.2) is 0 Å². The van der Waals surface area contributed by atoms with Gasteiger partial charge in [0, 0.05) is 18.1 Å². The number of esters is 1. The molecule has 0 amide bonds. The van der Waals surface area contributed by atoms with E-state index in [1.54, 1.807) is 80.6 Å². The Labute approximate surface area is 247 Å². The summed E-state index contributed by atoms with van der Waals surface area (Å²) in [4.78, 5) is 36.4. The molecule has 220 valence electrons. The molecule has 3 N–H and O–H groups in total. The third-order valence-electron chi connectivity index (χ3n) is 7.53. The molecule has 0 saturated carbocycles. The minimum absolute atomic E-state index is 0.0277. The lowest BCUT2D eigenvalue weighted by Crippen LogP contribution is -2.26. The molecule has 9 nitrogen and oxygen atoms in total. The number of carbonyl (C=O) groups is 3. The van der Waals surface area contributed by atoms with Crippen LogP contribution >= 0.6 is 0 Å². The smallest absolute Gasteiger partial charge is 0.308 e. The first kappa shape index (κ1) is 29.2. The third-order valence-corrected chi connectivity index (χ3v) is 7.53. The van der Waals surface area contributed by atoms with Crippen LogP contribution in [0.4, 0.5) is 0 Å². The van der Waals surface area contributed by atoms with Gasteiger partial charge in [0.25, 0.3) is 0 Å². The van der Waals surface area contributed by atoms with Crippen LogP contribution in [0, 0.1) is 13.8 Å². The molecule has 0 aliphatic carbocycles. The van der Waals surface area contributed by atoms with Crippen molar-refractivity contribution in [2.24, 2.45) is 0 Å². The van der Waals surface area contributed by atoms with E-state index in [2.05, 4.69) is 0 Å². The minimum Gasteiger partial charge on any atom is -0.508 e. The van der Waals surface area contributed by atoms with E-state index in [0.29, 0.717) is 39.5 Å². The predicted molar refractivity (Wildman–Crippen MR) is 157 cm³/mol. The number of hydrogen-bond acceptors (Lipinski definition) is 9. The Morgan fingerprint density at radius 3 is 1.58 bits per heavy atom. The lowest BCUT2D eigenvalue weighted by molar-refractivity contribution is -0.131. The average molecular weight is 583 g/mol. The standard InChI is InChI=1S/C18H16O5.C16H14O4/c1-10-16(23-11(2)19)8-7-14-17(21)15(9-22-18(10)14)12-3-5-13(20)6-4-12;1-9-14(18)7-6-12-15(19)13(8-20-16(9)12)10-2-4-11(17)5-3-10/h3-8,15,20H,9H2,1-2H3;2-7,13,17-18H,8H2,1H3. The summed E-state index contributed by atoms with van der Waals surface area (Å²) in [5, 5.41) is 28.3. The van der Waals surface area contributed by atoms with Crippen molar-refractivity contribution in [3.63, 3.8) is 0 Å². The van der Waals surface area contributed by atoms with E-state index >= 15 is 0 Å². The summed E-state index contributed by atoms with van der Waals surface area (Å²) in [5.74, 6) is 0.473. The lowest BCUT2D eigenvalue weighted by atomic mass is 9.88. The topological polar surface area (TPSA) is 140 Å². The molecular weight excluding hydrogens is 552 g/mol. The SMILES string of the molecule is CC(=O)Oc1ccc2c(c1C)OCC(c1ccc(O)cc1)C2=O.Cc1c(O)ccc2c1OCC(c1ccc(O)cc1)C2=O. The van der Waals surface area contributed by atoms with Gasteiger partial charge < -0.3 is 29.5 Å². The third kappa shape index (κ3) is 5.88. The maximum Gasteiger partial charge on any atom is 0.308 e. The molecule has 2 atom stereocenters. The zero-order chi connectivity index (χ0) is 30.8. The van der Waals surface area contributed by atoms with E-state index in [1.807, 2.05) is 0 Å². The maximum absolute atomic E-state index is 12.7. The first-order valence-corrected chi connectivity index (χ1v) is 13.6. The molecule has 43 heavy (non-hydrogen) atoms. The summed E-state index contributed by atoms with van der Waals surface area (Å²) in [5.41, 5.74) is 3.78. The number of ketones is 2. The van der Waals surface area contributed by atoms with Crippen molar-refractivity contribution in [2.75, 3.05) is 13.2 Å². The molecule has 4 aromatic carbocycles. The molecule has 9 heteroatoms. The molecule has 0 aromatic heterocycles. The number of ether oxygens (including phenoxy) is 3. The van der Waals surface area contributed by atoms with E-state index < -0.39 is 11.9 Å². The number of phenols is 3. The normalized spacial score (nSPS) is 16.9. The number of hydrogen-bond donors (Lipinski definition) is 3. The Kier molecular flexibility index (Phi) is 8.07. The molecule has 0 spiro atoms. The van der Waals surface area contributed by atoms with Crippen molar-refractivity contribution in [2.45, 2.75) is 32.6 Å². The molecule has 2 aliphatic heterocycles. The molecule has 4 aromatic rings. The fourth-order valence-electron chi connectivity index (χ4n) is 5.15. The highest BCUT2D eigenvalue weighted by atomic mass is 16.5. The molecule has 2 heterocycles. The number of fused-ring (bicyclic) bond motifs is 2. The number of phenolic OH excluding ortho intramolecular Hbond substituents is 3. The Hall–Kier alpha value is -5.31. The van der Waals surface area contributed by atoms with Gasteiger partial charge in [-0.2, -0.15) is 0 Å². The summed E-state index contributed by atoms with van der Waals surface area (Å²) in [7, 11) is 0. The van der Waals surface area contributed by atoms with E-state index in [-0.39, 0.29) is 47.9 Å². The van der Waals surface area contributed by atoms with Crippen LogP contribution in [0.1, 0.15) is 61.7 Å². The molecule has 6 rings (SSSR count). The summed E-state index contributed by atoms with van der Waals surface area (Å²) in [6.07, 6.45) is 0. The van der Waals surface area contributed by atoms with Gasteiger partial charge in [0.15, 0.2) is 11.6 Å². The number of rotatable bonds is 3. The Morgan fingerprint density at radius 2 is 1.12 bits per heavy atom. The average Bonchev–Trinajstić information content (AvgIpc) is 2.98. The zero-order valence-corrected chi connectivity index (χ0v) is 23.8. The molecule has 2 unspecified atom stereocenters. The molecule has 0 saturated heterocycles. The predicted octanol–water partition coefficient (Wildman–Crippen LogP) is 5.75. The highest BCUT2D eigenvalue weighted by Gasteiger charge is 2.33. The molecular formula is C34H30O9. The van der Waals surface area contributed by atoms with Crippen molar-refractivity contribution in [1.82, 2.24) is 0 Å². The van der Waals surface area contributed by atoms with Crippen molar-refractivity contribution in [3.05, 3.63) is 106 Å². The quantitative estimate of drug-likeness (QED) is 0.203. The van der Waals surface area contributed by atoms with Crippen LogP contribution < -0.4 is 14.2 Å². The number of Topliss-reactive ketones (excluding diaryl/α,β-unsaturated/α-hetero) is 2. The molecule has 0 bridgehead atoms. The van der Waals surface area contributed by atoms with Gasteiger partial charge in [-0.05, 0) is 73.5 Å². The number of aromatic hydroxyl groups is 3. The van der Waals surface area contributed by atoms with Crippen LogP contribution in [0.5, 0.6) is 34.5 Å². The first-order valence-electron chi connectivity index (χ1n) is 13.6. The zero-order valence-electron chi connectivity index (χ0n) is 23.8. The van der Waals surface area contributed by atoms with Gasteiger partial charge in [-0.15, -0.1) is 0 Å². The Balaban J connectivity index is 0.000000173. The van der Waals surface area contributed by atoms with Crippen molar-refractivity contribution in [3.8, 4) is 34.5 Å². The highest BCUT2D eigenvalue weighted by Crippen LogP contribution is 2.40. The van der Waals surface area contributed by atoms with Crippen LogP contribution in [-0.2, 0) is 4.79 Å². The van der Waals surface area contributed by atoms with Crippen LogP contribution in [0.3, 0.4) is 0 Å². The molecule has 2 aliphatic rings. The molecule has 0 fully saturated rings. The second kappa shape index (κ2) is 11.9. The Bertz CT molecular complexity index is 1710. The van der Waals surface area contributed by atoms with Gasteiger partial charge in [0.1, 0.15) is 47.7 Å². The van der Waals surface area contributed by atoms with Gasteiger partial charge >= 0.3 is 5.97 Å². The van der Waals surface area contributed by atoms with Crippen molar-refractivity contribution in [1.29, 1.82) is 0 Å². The van der Waals surface area contributed by atoms with Crippen molar-refractivity contribution < 1.29 is 43.9 Å². The second-order valence-electron chi connectivity index (χ2n) is 10.4. The summed E-state index contributed by atoms with van der Waals surface area (Å²) in [6, 6.07) is 19.4. The van der Waals surface area contributed by atoms with Gasteiger partial charge in [-0.3, -0.25) is 14.4 Å². The highest BCUT2D eigenvalue weighted by molar-refractivity contribution is 6.05. The number of carbonyl (C=O) groups excluding carboxylic acids is 3. The van der Waals surface area contributed by atoms with Crippen LogP contribution in [0.15, 0.2) is 72.8 Å². The summed E-state index contributed by atoms with van der Waals surface area (Å²) < 4.78 is 16.5. The van der Waals surface area contributed by atoms with Gasteiger partial charge in [0.05, 0.1) is 23.0 Å². The van der Waals surface area contributed by atoms with E-state index in [1.165, 1.54) is 13.0 Å². The lowest BCUT2D eigenvalue weighted by Gasteiger charge is -2.26. The fourth-order valence-corrected chi connectivity index (χ4v) is 5.15. The Morgan fingerprint density at radius 1 is 0.674 bits per heavy atom. The monoisotopic (exact) mass is 582 g/mol. The summed E-state index contributed by atoms with van der Waals surface area (Å²) in [6.45, 7) is 5.25. The molecule has 0 radical (unpaired) electrons.